The molecule has 0 aliphatic heterocycles. The quantitative estimate of drug-likeness (QED) is 0.727. The van der Waals surface area contributed by atoms with Crippen molar-refractivity contribution in [3.05, 3.63) is 35.8 Å². The highest BCUT2D eigenvalue weighted by molar-refractivity contribution is 6.05. The molecule has 3 N–H and O–H groups in total. The average Bonchev–Trinajstić information content (AvgIpc) is 2.89. The molecule has 0 aromatic carbocycles. The lowest BCUT2D eigenvalue weighted by Crippen LogP contribution is -2.17. The summed E-state index contributed by atoms with van der Waals surface area (Å²) in [5.41, 5.74) is 0.301. The molecule has 0 saturated heterocycles. The number of hydrogen-bond donors (Lipinski definition) is 3. The number of rotatable bonds is 3. The third-order valence-electron chi connectivity index (χ3n) is 2.24. The van der Waals surface area contributed by atoms with Gasteiger partial charge in [0.25, 0.3) is 5.91 Å². The number of nitrogens with one attached hydrogen (secondary N) is 2. The van der Waals surface area contributed by atoms with Crippen molar-refractivity contribution < 1.29 is 14.7 Å². The normalized spacial score (nSPS) is 10.2. The third kappa shape index (κ3) is 2.03. The van der Waals surface area contributed by atoms with E-state index in [9.17, 15) is 9.59 Å². The lowest BCUT2D eigenvalue weighted by atomic mass is 10.3. The fraction of sp³-hybridized carbons (Fsp3) is 0.100. The van der Waals surface area contributed by atoms with Crippen LogP contribution in [0.15, 0.2) is 24.5 Å². The van der Waals surface area contributed by atoms with Gasteiger partial charge in [0.1, 0.15) is 17.1 Å². The molecule has 0 aliphatic rings. The van der Waals surface area contributed by atoms with Gasteiger partial charge in [0, 0.05) is 13.2 Å². The minimum Gasteiger partial charge on any atom is -0.477 e. The van der Waals surface area contributed by atoms with E-state index in [4.69, 9.17) is 5.11 Å². The van der Waals surface area contributed by atoms with Gasteiger partial charge in [-0.1, -0.05) is 0 Å². The van der Waals surface area contributed by atoms with Crippen LogP contribution in [0.1, 0.15) is 20.8 Å². The van der Waals surface area contributed by atoms with Crippen LogP contribution in [0.3, 0.4) is 0 Å². The van der Waals surface area contributed by atoms with Gasteiger partial charge in [-0.2, -0.15) is 5.10 Å². The maximum absolute atomic E-state index is 11.7. The van der Waals surface area contributed by atoms with Crippen LogP contribution in [0.25, 0.3) is 0 Å². The van der Waals surface area contributed by atoms with Crippen molar-refractivity contribution in [1.82, 2.24) is 14.8 Å². The maximum Gasteiger partial charge on any atom is 0.341 e. The number of H-pyrrole nitrogens is 1. The van der Waals surface area contributed by atoms with Gasteiger partial charge in [0.05, 0.1) is 6.20 Å². The first-order valence-corrected chi connectivity index (χ1v) is 4.79. The lowest BCUT2D eigenvalue weighted by Gasteiger charge is -2.05. The standard InChI is InChI=1S/C10H10N4O3/c1-14-8(6(5-12-14)10(16)17)13-9(15)7-3-2-4-11-7/h2-5,11H,1H3,(H,13,15)(H,16,17). The van der Waals surface area contributed by atoms with Gasteiger partial charge >= 0.3 is 5.97 Å². The second-order valence-corrected chi connectivity index (χ2v) is 3.37. The third-order valence-corrected chi connectivity index (χ3v) is 2.24. The molecule has 0 bridgehead atoms. The number of aromatic carboxylic acids is 1. The number of carbonyl (C=O) groups is 2. The summed E-state index contributed by atoms with van der Waals surface area (Å²) in [6, 6.07) is 3.27. The zero-order valence-electron chi connectivity index (χ0n) is 8.97. The topological polar surface area (TPSA) is 100 Å². The van der Waals surface area contributed by atoms with Gasteiger partial charge in [-0.05, 0) is 12.1 Å². The van der Waals surface area contributed by atoms with E-state index in [-0.39, 0.29) is 11.4 Å². The second-order valence-electron chi connectivity index (χ2n) is 3.37. The number of carboxylic acids is 1. The molecule has 7 heteroatoms. The number of aryl methyl sites for hydroxylation is 1. The number of aromatic amines is 1. The van der Waals surface area contributed by atoms with E-state index in [1.165, 1.54) is 10.9 Å². The maximum atomic E-state index is 11.7. The Balaban J connectivity index is 2.27. The first-order valence-electron chi connectivity index (χ1n) is 4.79. The highest BCUT2D eigenvalue weighted by atomic mass is 16.4. The summed E-state index contributed by atoms with van der Waals surface area (Å²) in [4.78, 5) is 25.3. The lowest BCUT2D eigenvalue weighted by molar-refractivity contribution is 0.0698. The molecular formula is C10H10N4O3. The number of anilines is 1. The van der Waals surface area contributed by atoms with Crippen LogP contribution in [0, 0.1) is 0 Å². The SMILES string of the molecule is Cn1ncc(C(=O)O)c1NC(=O)c1ccc[nH]1. The number of nitrogens with zero attached hydrogens (tertiary/aromatic N) is 2. The smallest absolute Gasteiger partial charge is 0.341 e. The molecule has 1 amide bonds. The molecule has 0 saturated carbocycles. The molecular weight excluding hydrogens is 224 g/mol. The number of amides is 1. The molecule has 2 aromatic rings. The first-order chi connectivity index (χ1) is 8.09. The molecule has 17 heavy (non-hydrogen) atoms. The summed E-state index contributed by atoms with van der Waals surface area (Å²) >= 11 is 0. The fourth-order valence-corrected chi connectivity index (χ4v) is 1.39. The van der Waals surface area contributed by atoms with E-state index in [1.54, 1.807) is 25.4 Å². The average molecular weight is 234 g/mol. The van der Waals surface area contributed by atoms with E-state index >= 15 is 0 Å². The summed E-state index contributed by atoms with van der Waals surface area (Å²) in [6.07, 6.45) is 2.79. The van der Waals surface area contributed by atoms with Crippen LogP contribution < -0.4 is 5.32 Å². The second kappa shape index (κ2) is 4.12. The molecule has 0 atom stereocenters. The molecule has 0 spiro atoms. The number of hydrogen-bond acceptors (Lipinski definition) is 3. The molecule has 0 aliphatic carbocycles. The van der Waals surface area contributed by atoms with E-state index in [0.29, 0.717) is 5.69 Å². The molecule has 2 rings (SSSR count). The zero-order chi connectivity index (χ0) is 12.4. The van der Waals surface area contributed by atoms with Gasteiger partial charge in [0.2, 0.25) is 0 Å². The highest BCUT2D eigenvalue weighted by Gasteiger charge is 2.18. The first kappa shape index (κ1) is 10.9. The molecule has 0 fully saturated rings. The minimum absolute atomic E-state index is 0.0487. The van der Waals surface area contributed by atoms with Crippen LogP contribution in [0.5, 0.6) is 0 Å². The van der Waals surface area contributed by atoms with E-state index < -0.39 is 11.9 Å². The van der Waals surface area contributed by atoms with Gasteiger partial charge in [-0.15, -0.1) is 0 Å². The Labute approximate surface area is 96.1 Å². The summed E-state index contributed by atoms with van der Waals surface area (Å²) in [6.45, 7) is 0. The predicted molar refractivity (Wildman–Crippen MR) is 58.9 cm³/mol. The molecule has 0 radical (unpaired) electrons. The largest absolute Gasteiger partial charge is 0.477 e. The van der Waals surface area contributed by atoms with Crippen molar-refractivity contribution in [2.75, 3.05) is 5.32 Å². The Kier molecular flexibility index (Phi) is 2.65. The summed E-state index contributed by atoms with van der Waals surface area (Å²) < 4.78 is 1.30. The van der Waals surface area contributed by atoms with Crippen molar-refractivity contribution >= 4 is 17.7 Å². The number of carbonyl (C=O) groups excluding carboxylic acids is 1. The molecule has 2 aromatic heterocycles. The van der Waals surface area contributed by atoms with E-state index in [1.807, 2.05) is 0 Å². The minimum atomic E-state index is -1.14. The van der Waals surface area contributed by atoms with Crippen LogP contribution in [0.2, 0.25) is 0 Å². The van der Waals surface area contributed by atoms with E-state index in [0.717, 1.165) is 0 Å². The van der Waals surface area contributed by atoms with Crippen LogP contribution in [-0.2, 0) is 7.05 Å². The van der Waals surface area contributed by atoms with Crippen molar-refractivity contribution in [3.63, 3.8) is 0 Å². The molecule has 0 unspecified atom stereocenters. The van der Waals surface area contributed by atoms with Gasteiger partial charge < -0.3 is 15.4 Å². The monoisotopic (exact) mass is 234 g/mol. The van der Waals surface area contributed by atoms with Crippen LogP contribution in [-0.4, -0.2) is 31.7 Å². The highest BCUT2D eigenvalue weighted by Crippen LogP contribution is 2.14. The van der Waals surface area contributed by atoms with Crippen molar-refractivity contribution in [2.24, 2.45) is 7.05 Å². The van der Waals surface area contributed by atoms with E-state index in [2.05, 4.69) is 15.4 Å². The van der Waals surface area contributed by atoms with Gasteiger partial charge in [-0.3, -0.25) is 9.48 Å². The number of carboxylic acid groups (broad SMARTS) is 1. The Morgan fingerprint density at radius 2 is 2.29 bits per heavy atom. The number of aromatic nitrogens is 3. The Morgan fingerprint density at radius 3 is 2.88 bits per heavy atom. The Bertz CT molecular complexity index is 556. The Hall–Kier alpha value is -2.57. The molecule has 2 heterocycles. The molecule has 88 valence electrons. The van der Waals surface area contributed by atoms with Crippen LogP contribution in [0.4, 0.5) is 5.82 Å². The van der Waals surface area contributed by atoms with Crippen LogP contribution >= 0.6 is 0 Å². The Morgan fingerprint density at radius 1 is 1.53 bits per heavy atom. The van der Waals surface area contributed by atoms with Crippen molar-refractivity contribution in [2.45, 2.75) is 0 Å². The predicted octanol–water partition coefficient (Wildman–Crippen LogP) is 0.699. The summed E-state index contributed by atoms with van der Waals surface area (Å²) in [5.74, 6) is -1.40. The van der Waals surface area contributed by atoms with Crippen molar-refractivity contribution in [1.29, 1.82) is 0 Å². The fourth-order valence-electron chi connectivity index (χ4n) is 1.39. The van der Waals surface area contributed by atoms with Gasteiger partial charge in [0.15, 0.2) is 0 Å². The van der Waals surface area contributed by atoms with Crippen molar-refractivity contribution in [3.8, 4) is 0 Å². The summed E-state index contributed by atoms with van der Waals surface area (Å²) in [7, 11) is 1.55. The molecule has 7 nitrogen and oxygen atoms in total. The van der Waals surface area contributed by atoms with Gasteiger partial charge in [-0.25, -0.2) is 4.79 Å². The summed E-state index contributed by atoms with van der Waals surface area (Å²) in [5, 5.41) is 15.2. The zero-order valence-corrected chi connectivity index (χ0v) is 8.97.